The van der Waals surface area contributed by atoms with E-state index in [0.717, 1.165) is 30.8 Å². The van der Waals surface area contributed by atoms with Gasteiger partial charge in [-0.3, -0.25) is 4.21 Å². The average Bonchev–Trinajstić information content (AvgIpc) is 2.37. The van der Waals surface area contributed by atoms with Crippen molar-refractivity contribution in [1.29, 1.82) is 0 Å². The Morgan fingerprint density at radius 1 is 1.39 bits per heavy atom. The van der Waals surface area contributed by atoms with Gasteiger partial charge in [0.1, 0.15) is 12.1 Å². The third-order valence-electron chi connectivity index (χ3n) is 3.35. The molecule has 0 saturated carbocycles. The lowest BCUT2D eigenvalue weighted by molar-refractivity contribution is 0.657. The predicted molar refractivity (Wildman–Crippen MR) is 75.3 cm³/mol. The molecule has 5 heteroatoms. The quantitative estimate of drug-likeness (QED) is 0.885. The topological polar surface area (TPSA) is 54.9 Å². The molecule has 0 bridgehead atoms. The minimum atomic E-state index is -0.719. The summed E-state index contributed by atoms with van der Waals surface area (Å²) in [6.45, 7) is 2.12. The first-order valence-corrected chi connectivity index (χ1v) is 8.29. The number of hydrogen-bond donors (Lipinski definition) is 1. The maximum absolute atomic E-state index is 11.1. The Bertz CT molecular complexity index is 436. The molecule has 100 valence electrons. The van der Waals surface area contributed by atoms with Crippen molar-refractivity contribution >= 4 is 16.6 Å². The molecule has 0 aromatic carbocycles. The monoisotopic (exact) mass is 267 g/mol. The number of hydrogen-bond acceptors (Lipinski definition) is 4. The number of fused-ring (bicyclic) bond motifs is 1. The Morgan fingerprint density at radius 3 is 2.94 bits per heavy atom. The van der Waals surface area contributed by atoms with E-state index in [-0.39, 0.29) is 0 Å². The maximum atomic E-state index is 11.1. The summed E-state index contributed by atoms with van der Waals surface area (Å²) in [5.41, 5.74) is 2.48. The second-order valence-corrected chi connectivity index (χ2v) is 6.52. The highest BCUT2D eigenvalue weighted by Gasteiger charge is 2.16. The normalized spacial score (nSPS) is 17.9. The molecule has 0 aliphatic heterocycles. The van der Waals surface area contributed by atoms with Gasteiger partial charge in [0, 0.05) is 40.1 Å². The van der Waals surface area contributed by atoms with Crippen molar-refractivity contribution in [3.05, 3.63) is 17.6 Å². The van der Waals surface area contributed by atoms with Crippen LogP contribution in [0.1, 0.15) is 37.4 Å². The summed E-state index contributed by atoms with van der Waals surface area (Å²) in [6.07, 6.45) is 8.90. The largest absolute Gasteiger partial charge is 0.367 e. The molecule has 1 N–H and O–H groups in total. The van der Waals surface area contributed by atoms with Gasteiger partial charge in [-0.1, -0.05) is 0 Å². The third-order valence-corrected chi connectivity index (χ3v) is 4.16. The van der Waals surface area contributed by atoms with Crippen LogP contribution in [-0.2, 0) is 23.6 Å². The molecule has 0 amide bonds. The number of aromatic nitrogens is 2. The second-order valence-electron chi connectivity index (χ2n) is 4.97. The molecule has 2 rings (SSSR count). The standard InChI is InChI=1S/C13H21N3OS/c1-10(7-8-18(2)17)16-13-11-5-3-4-6-12(11)14-9-15-13/h9-10H,3-8H2,1-2H3,(H,14,15,16). The number of aryl methyl sites for hydroxylation is 1. The molecule has 2 unspecified atom stereocenters. The molecule has 1 aliphatic carbocycles. The Kier molecular flexibility index (Phi) is 4.69. The molecule has 0 saturated heterocycles. The van der Waals surface area contributed by atoms with Gasteiger partial charge in [0.15, 0.2) is 0 Å². The first kappa shape index (κ1) is 13.5. The third kappa shape index (κ3) is 3.51. The van der Waals surface area contributed by atoms with Crippen LogP contribution in [0.5, 0.6) is 0 Å². The van der Waals surface area contributed by atoms with E-state index in [1.807, 2.05) is 0 Å². The van der Waals surface area contributed by atoms with Crippen LogP contribution in [0.3, 0.4) is 0 Å². The van der Waals surface area contributed by atoms with E-state index in [1.165, 1.54) is 24.1 Å². The van der Waals surface area contributed by atoms with Crippen LogP contribution in [0.2, 0.25) is 0 Å². The zero-order valence-electron chi connectivity index (χ0n) is 11.1. The average molecular weight is 267 g/mol. The van der Waals surface area contributed by atoms with Gasteiger partial charge in [0.25, 0.3) is 0 Å². The maximum Gasteiger partial charge on any atom is 0.133 e. The fourth-order valence-electron chi connectivity index (χ4n) is 2.29. The van der Waals surface area contributed by atoms with Gasteiger partial charge in [-0.2, -0.15) is 0 Å². The van der Waals surface area contributed by atoms with Gasteiger partial charge < -0.3 is 5.32 Å². The van der Waals surface area contributed by atoms with Gasteiger partial charge in [-0.05, 0) is 39.0 Å². The number of anilines is 1. The molecular formula is C13H21N3OS. The summed E-state index contributed by atoms with van der Waals surface area (Å²) in [7, 11) is -0.719. The fourth-order valence-corrected chi connectivity index (χ4v) is 2.98. The summed E-state index contributed by atoms with van der Waals surface area (Å²) in [5, 5.41) is 3.44. The summed E-state index contributed by atoms with van der Waals surface area (Å²) in [6, 6.07) is 0.301. The molecule has 1 aromatic rings. The van der Waals surface area contributed by atoms with Gasteiger partial charge >= 0.3 is 0 Å². The number of rotatable bonds is 5. The molecule has 1 heterocycles. The van der Waals surface area contributed by atoms with Gasteiger partial charge in [0.05, 0.1) is 0 Å². The summed E-state index contributed by atoms with van der Waals surface area (Å²) >= 11 is 0. The van der Waals surface area contributed by atoms with Gasteiger partial charge in [-0.15, -0.1) is 0 Å². The van der Waals surface area contributed by atoms with Crippen molar-refractivity contribution in [3.8, 4) is 0 Å². The van der Waals surface area contributed by atoms with Crippen molar-refractivity contribution in [2.24, 2.45) is 0 Å². The van der Waals surface area contributed by atoms with Crippen molar-refractivity contribution in [2.45, 2.75) is 45.1 Å². The van der Waals surface area contributed by atoms with E-state index in [9.17, 15) is 4.21 Å². The second kappa shape index (κ2) is 6.27. The molecule has 1 aliphatic rings. The van der Waals surface area contributed by atoms with Crippen molar-refractivity contribution < 1.29 is 4.21 Å². The Labute approximate surface area is 111 Å². The van der Waals surface area contributed by atoms with Crippen LogP contribution < -0.4 is 5.32 Å². The number of nitrogens with zero attached hydrogens (tertiary/aromatic N) is 2. The van der Waals surface area contributed by atoms with E-state index in [4.69, 9.17) is 0 Å². The smallest absolute Gasteiger partial charge is 0.133 e. The zero-order chi connectivity index (χ0) is 13.0. The minimum absolute atomic E-state index is 0.301. The molecule has 0 fully saturated rings. The van der Waals surface area contributed by atoms with E-state index < -0.39 is 10.8 Å². The molecule has 18 heavy (non-hydrogen) atoms. The van der Waals surface area contributed by atoms with Crippen LogP contribution >= 0.6 is 0 Å². The van der Waals surface area contributed by atoms with E-state index in [0.29, 0.717) is 6.04 Å². The van der Waals surface area contributed by atoms with E-state index in [1.54, 1.807) is 12.6 Å². The van der Waals surface area contributed by atoms with Crippen molar-refractivity contribution in [1.82, 2.24) is 9.97 Å². The van der Waals surface area contributed by atoms with Crippen LogP contribution in [0.15, 0.2) is 6.33 Å². The lowest BCUT2D eigenvalue weighted by Crippen LogP contribution is -2.21. The van der Waals surface area contributed by atoms with Gasteiger partial charge in [0.2, 0.25) is 0 Å². The van der Waals surface area contributed by atoms with Crippen LogP contribution in [0.4, 0.5) is 5.82 Å². The highest BCUT2D eigenvalue weighted by atomic mass is 32.2. The molecule has 4 nitrogen and oxygen atoms in total. The highest BCUT2D eigenvalue weighted by molar-refractivity contribution is 7.84. The zero-order valence-corrected chi connectivity index (χ0v) is 11.9. The molecule has 0 radical (unpaired) electrons. The first-order valence-electron chi connectivity index (χ1n) is 6.56. The minimum Gasteiger partial charge on any atom is -0.367 e. The first-order chi connectivity index (χ1) is 8.66. The van der Waals surface area contributed by atoms with Crippen molar-refractivity contribution in [2.75, 3.05) is 17.3 Å². The van der Waals surface area contributed by atoms with Crippen LogP contribution in [0.25, 0.3) is 0 Å². The molecular weight excluding hydrogens is 246 g/mol. The summed E-state index contributed by atoms with van der Waals surface area (Å²) in [4.78, 5) is 8.72. The lowest BCUT2D eigenvalue weighted by Gasteiger charge is -2.20. The molecule has 1 aromatic heterocycles. The van der Waals surface area contributed by atoms with E-state index in [2.05, 4.69) is 22.2 Å². The van der Waals surface area contributed by atoms with Crippen LogP contribution in [-0.4, -0.2) is 32.2 Å². The fraction of sp³-hybridized carbons (Fsp3) is 0.692. The summed E-state index contributed by atoms with van der Waals surface area (Å²) in [5.74, 6) is 1.72. The molecule has 2 atom stereocenters. The summed E-state index contributed by atoms with van der Waals surface area (Å²) < 4.78 is 11.1. The van der Waals surface area contributed by atoms with Crippen LogP contribution in [0, 0.1) is 0 Å². The van der Waals surface area contributed by atoms with Gasteiger partial charge in [-0.25, -0.2) is 9.97 Å². The predicted octanol–water partition coefficient (Wildman–Crippen LogP) is 1.92. The van der Waals surface area contributed by atoms with Crippen molar-refractivity contribution in [3.63, 3.8) is 0 Å². The SMILES string of the molecule is CC(CCS(C)=O)Nc1ncnc2c1CCCC2. The molecule has 0 spiro atoms. The lowest BCUT2D eigenvalue weighted by atomic mass is 9.96. The van der Waals surface area contributed by atoms with E-state index >= 15 is 0 Å². The highest BCUT2D eigenvalue weighted by Crippen LogP contribution is 2.24. The Morgan fingerprint density at radius 2 is 2.17 bits per heavy atom. The number of nitrogens with one attached hydrogen (secondary N) is 1. The Balaban J connectivity index is 2.02. The Hall–Kier alpha value is -0.970.